The lowest BCUT2D eigenvalue weighted by Crippen LogP contribution is -2.10. The largest absolute Gasteiger partial charge is 0.444 e. The second-order valence-electron chi connectivity index (χ2n) is 3.19. The van der Waals surface area contributed by atoms with Crippen molar-refractivity contribution in [2.45, 2.75) is 26.7 Å². The van der Waals surface area contributed by atoms with Crippen LogP contribution in [0.3, 0.4) is 0 Å². The van der Waals surface area contributed by atoms with E-state index in [2.05, 4.69) is 24.1 Å². The molecule has 4 nitrogen and oxygen atoms in total. The third kappa shape index (κ3) is 14.6. The van der Waals surface area contributed by atoms with E-state index in [0.717, 1.165) is 12.8 Å². The van der Waals surface area contributed by atoms with E-state index in [4.69, 9.17) is 18.9 Å². The molecule has 0 saturated heterocycles. The van der Waals surface area contributed by atoms with Gasteiger partial charge in [0.05, 0.1) is 26.4 Å². The standard InChI is InChI=1S/C14H22O4/c1-3-5-7-15-9-11-17-13-14-18-12-10-16-8-6-4-2/h3-4,9-14H2,1-2H3. The van der Waals surface area contributed by atoms with Crippen molar-refractivity contribution in [3.63, 3.8) is 0 Å². The van der Waals surface area contributed by atoms with E-state index < -0.39 is 0 Å². The van der Waals surface area contributed by atoms with Crippen LogP contribution in [0.25, 0.3) is 0 Å². The molecule has 0 N–H and O–H groups in total. The van der Waals surface area contributed by atoms with Crippen molar-refractivity contribution in [1.29, 1.82) is 0 Å². The lowest BCUT2D eigenvalue weighted by atomic mass is 10.5. The van der Waals surface area contributed by atoms with Gasteiger partial charge in [-0.3, -0.25) is 0 Å². The highest BCUT2D eigenvalue weighted by Crippen LogP contribution is 1.82. The molecule has 4 heteroatoms. The fourth-order valence-electron chi connectivity index (χ4n) is 0.872. The molecule has 0 spiro atoms. The molecule has 0 aliphatic carbocycles. The van der Waals surface area contributed by atoms with Gasteiger partial charge >= 0.3 is 0 Å². The molecular formula is C14H22O4. The van der Waals surface area contributed by atoms with Crippen LogP contribution in [0.5, 0.6) is 0 Å². The van der Waals surface area contributed by atoms with Gasteiger partial charge in [0.15, 0.2) is 0 Å². The Hall–Kier alpha value is -1.36. The fraction of sp³-hybridized carbons (Fsp3) is 0.714. The average molecular weight is 254 g/mol. The van der Waals surface area contributed by atoms with Gasteiger partial charge in [0.25, 0.3) is 0 Å². The summed E-state index contributed by atoms with van der Waals surface area (Å²) in [4.78, 5) is 0. The summed E-state index contributed by atoms with van der Waals surface area (Å²) in [6, 6.07) is 0. The van der Waals surface area contributed by atoms with Crippen molar-refractivity contribution >= 4 is 0 Å². The quantitative estimate of drug-likeness (QED) is 0.464. The molecule has 0 aliphatic rings. The van der Waals surface area contributed by atoms with Crippen LogP contribution in [0.2, 0.25) is 0 Å². The fourth-order valence-corrected chi connectivity index (χ4v) is 0.872. The molecule has 0 rings (SSSR count). The zero-order valence-corrected chi connectivity index (χ0v) is 11.3. The SMILES string of the molecule is CCC#COCCOCCOCCOC#CCC. The van der Waals surface area contributed by atoms with Crippen molar-refractivity contribution in [2.24, 2.45) is 0 Å². The number of hydrogen-bond donors (Lipinski definition) is 0. The third-order valence-corrected chi connectivity index (χ3v) is 1.67. The van der Waals surface area contributed by atoms with E-state index >= 15 is 0 Å². The maximum absolute atomic E-state index is 5.27. The van der Waals surface area contributed by atoms with Gasteiger partial charge in [0, 0.05) is 12.8 Å². The second-order valence-corrected chi connectivity index (χ2v) is 3.19. The molecule has 0 aromatic carbocycles. The Morgan fingerprint density at radius 1 is 0.611 bits per heavy atom. The van der Waals surface area contributed by atoms with Crippen molar-refractivity contribution in [2.75, 3.05) is 39.6 Å². The van der Waals surface area contributed by atoms with Crippen LogP contribution in [-0.4, -0.2) is 39.6 Å². The number of ether oxygens (including phenoxy) is 4. The molecule has 0 atom stereocenters. The van der Waals surface area contributed by atoms with E-state index in [1.165, 1.54) is 0 Å². The summed E-state index contributed by atoms with van der Waals surface area (Å²) < 4.78 is 20.5. The van der Waals surface area contributed by atoms with Crippen molar-refractivity contribution in [3.8, 4) is 24.1 Å². The molecule has 0 fully saturated rings. The second kappa shape index (κ2) is 15.6. The maximum atomic E-state index is 5.27. The molecule has 0 aromatic rings. The predicted octanol–water partition coefficient (Wildman–Crippen LogP) is 1.79. The Morgan fingerprint density at radius 3 is 1.39 bits per heavy atom. The molecule has 102 valence electrons. The average Bonchev–Trinajstić information content (AvgIpc) is 2.39. The number of hydrogen-bond acceptors (Lipinski definition) is 4. The van der Waals surface area contributed by atoms with Gasteiger partial charge in [-0.25, -0.2) is 0 Å². The molecule has 0 amide bonds. The molecule has 0 heterocycles. The van der Waals surface area contributed by atoms with Crippen LogP contribution in [0.15, 0.2) is 0 Å². The van der Waals surface area contributed by atoms with E-state index in [1.807, 2.05) is 13.8 Å². The van der Waals surface area contributed by atoms with E-state index in [-0.39, 0.29) is 0 Å². The minimum atomic E-state index is 0.489. The Labute approximate surface area is 110 Å². The van der Waals surface area contributed by atoms with Crippen LogP contribution in [0.1, 0.15) is 26.7 Å². The molecule has 0 saturated carbocycles. The van der Waals surface area contributed by atoms with Gasteiger partial charge < -0.3 is 18.9 Å². The summed E-state index contributed by atoms with van der Waals surface area (Å²) in [6.07, 6.45) is 6.77. The van der Waals surface area contributed by atoms with E-state index in [1.54, 1.807) is 0 Å². The van der Waals surface area contributed by atoms with Crippen molar-refractivity contribution < 1.29 is 18.9 Å². The van der Waals surface area contributed by atoms with Gasteiger partial charge in [0.2, 0.25) is 0 Å². The molecule has 0 bridgehead atoms. The highest BCUT2D eigenvalue weighted by atomic mass is 16.5. The summed E-state index contributed by atoms with van der Waals surface area (Å²) in [5.41, 5.74) is 0. The normalized spacial score (nSPS) is 8.78. The van der Waals surface area contributed by atoms with Crippen LogP contribution in [0.4, 0.5) is 0 Å². The first-order chi connectivity index (χ1) is 8.91. The topological polar surface area (TPSA) is 36.9 Å². The number of rotatable bonds is 9. The molecule has 0 unspecified atom stereocenters. The first-order valence-corrected chi connectivity index (χ1v) is 6.26. The minimum absolute atomic E-state index is 0.489. The zero-order chi connectivity index (χ0) is 13.3. The molecule has 0 aromatic heterocycles. The predicted molar refractivity (Wildman–Crippen MR) is 69.7 cm³/mol. The Kier molecular flexibility index (Phi) is 14.5. The Balaban J connectivity index is 3.03. The molecule has 0 radical (unpaired) electrons. The van der Waals surface area contributed by atoms with Crippen LogP contribution >= 0.6 is 0 Å². The van der Waals surface area contributed by atoms with Gasteiger partial charge in [0.1, 0.15) is 25.4 Å². The summed E-state index contributed by atoms with van der Waals surface area (Å²) in [5.74, 6) is 5.62. The van der Waals surface area contributed by atoms with Gasteiger partial charge in [-0.2, -0.15) is 0 Å². The van der Waals surface area contributed by atoms with Crippen LogP contribution < -0.4 is 0 Å². The van der Waals surface area contributed by atoms with Gasteiger partial charge in [-0.05, 0) is 0 Å². The van der Waals surface area contributed by atoms with Crippen molar-refractivity contribution in [1.82, 2.24) is 0 Å². The summed E-state index contributed by atoms with van der Waals surface area (Å²) in [7, 11) is 0. The third-order valence-electron chi connectivity index (χ3n) is 1.67. The lowest BCUT2D eigenvalue weighted by Gasteiger charge is -2.04. The van der Waals surface area contributed by atoms with E-state index in [9.17, 15) is 0 Å². The summed E-state index contributed by atoms with van der Waals surface area (Å²) in [5, 5.41) is 0. The Bertz CT molecular complexity index is 250. The van der Waals surface area contributed by atoms with E-state index in [0.29, 0.717) is 39.6 Å². The Morgan fingerprint density at radius 2 is 1.00 bits per heavy atom. The highest BCUT2D eigenvalue weighted by molar-refractivity contribution is 4.89. The summed E-state index contributed by atoms with van der Waals surface area (Å²) in [6.45, 7) is 7.08. The molecular weight excluding hydrogens is 232 g/mol. The first-order valence-electron chi connectivity index (χ1n) is 6.26. The molecule has 0 aliphatic heterocycles. The minimum Gasteiger partial charge on any atom is -0.444 e. The molecule has 18 heavy (non-hydrogen) atoms. The maximum Gasteiger partial charge on any atom is 0.123 e. The monoisotopic (exact) mass is 254 g/mol. The van der Waals surface area contributed by atoms with Crippen LogP contribution in [-0.2, 0) is 18.9 Å². The van der Waals surface area contributed by atoms with Gasteiger partial charge in [-0.15, -0.1) is 0 Å². The van der Waals surface area contributed by atoms with Gasteiger partial charge in [-0.1, -0.05) is 25.7 Å². The smallest absolute Gasteiger partial charge is 0.123 e. The first kappa shape index (κ1) is 16.6. The summed E-state index contributed by atoms with van der Waals surface area (Å²) >= 11 is 0. The highest BCUT2D eigenvalue weighted by Gasteiger charge is 1.90. The lowest BCUT2D eigenvalue weighted by molar-refractivity contribution is 0.0219. The van der Waals surface area contributed by atoms with Crippen LogP contribution in [0, 0.1) is 24.1 Å². The van der Waals surface area contributed by atoms with Crippen molar-refractivity contribution in [3.05, 3.63) is 0 Å². The zero-order valence-electron chi connectivity index (χ0n) is 11.3.